The summed E-state index contributed by atoms with van der Waals surface area (Å²) in [6.45, 7) is 4.11. The molecule has 0 aliphatic heterocycles. The van der Waals surface area contributed by atoms with Gasteiger partial charge in [-0.1, -0.05) is 29.4 Å². The highest BCUT2D eigenvalue weighted by atomic mass is 32.2. The zero-order chi connectivity index (χ0) is 20.1. The molecular weight excluding hydrogens is 374 g/mol. The van der Waals surface area contributed by atoms with Crippen molar-refractivity contribution in [3.63, 3.8) is 0 Å². The molecule has 0 aliphatic rings. The second-order valence-electron chi connectivity index (χ2n) is 6.07. The van der Waals surface area contributed by atoms with Crippen LogP contribution in [0.25, 0.3) is 11.4 Å². The van der Waals surface area contributed by atoms with Gasteiger partial charge < -0.3 is 9.26 Å². The summed E-state index contributed by atoms with van der Waals surface area (Å²) in [5.74, 6) is 1.61. The Kier molecular flexibility index (Phi) is 6.20. The van der Waals surface area contributed by atoms with Crippen LogP contribution < -0.4 is 4.74 Å². The fourth-order valence-electron chi connectivity index (χ4n) is 2.62. The van der Waals surface area contributed by atoms with Crippen molar-refractivity contribution in [3.05, 3.63) is 59.1 Å². The summed E-state index contributed by atoms with van der Waals surface area (Å²) in [5, 5.41) is 12.6. The molecule has 0 aliphatic carbocycles. The fraction of sp³-hybridized carbons (Fsp3) is 0.250. The standard InChI is InChI=1S/C20H21N5O2S/c1-12-9-16(10-17(23-12)26-3)18(19(21)28-4)22-11-14-5-7-15(8-6-14)20-24-13(2)27-25-20/h5-10,21H,11H2,1-4H3. The third-order valence-corrected chi connectivity index (χ3v) is 4.59. The van der Waals surface area contributed by atoms with Gasteiger partial charge in [-0.3, -0.25) is 10.4 Å². The number of benzene rings is 1. The number of nitrogens with zero attached hydrogens (tertiary/aromatic N) is 4. The summed E-state index contributed by atoms with van der Waals surface area (Å²) < 4.78 is 10.3. The van der Waals surface area contributed by atoms with Gasteiger partial charge in [0.05, 0.1) is 19.4 Å². The van der Waals surface area contributed by atoms with E-state index in [9.17, 15) is 0 Å². The summed E-state index contributed by atoms with van der Waals surface area (Å²) in [5.41, 5.74) is 4.16. The van der Waals surface area contributed by atoms with E-state index in [1.165, 1.54) is 11.8 Å². The van der Waals surface area contributed by atoms with Gasteiger partial charge in [-0.15, -0.1) is 11.8 Å². The Labute approximate surface area is 167 Å². The van der Waals surface area contributed by atoms with Gasteiger partial charge in [0.15, 0.2) is 0 Å². The number of aryl methyl sites for hydroxylation is 2. The van der Waals surface area contributed by atoms with Crippen molar-refractivity contribution < 1.29 is 9.26 Å². The molecule has 0 radical (unpaired) electrons. The normalized spacial score (nSPS) is 11.5. The monoisotopic (exact) mass is 395 g/mol. The van der Waals surface area contributed by atoms with E-state index < -0.39 is 0 Å². The van der Waals surface area contributed by atoms with Crippen LogP contribution in [-0.2, 0) is 6.54 Å². The second-order valence-corrected chi connectivity index (χ2v) is 6.89. The molecule has 7 nitrogen and oxygen atoms in total. The van der Waals surface area contributed by atoms with Crippen LogP contribution in [0.1, 0.15) is 22.7 Å². The van der Waals surface area contributed by atoms with E-state index in [4.69, 9.17) is 19.7 Å². The minimum atomic E-state index is 0.395. The highest BCUT2D eigenvalue weighted by Gasteiger charge is 2.12. The number of nitrogens with one attached hydrogen (secondary N) is 1. The first-order valence-corrected chi connectivity index (χ1v) is 9.82. The smallest absolute Gasteiger partial charge is 0.223 e. The largest absolute Gasteiger partial charge is 0.481 e. The predicted octanol–water partition coefficient (Wildman–Crippen LogP) is 4.09. The van der Waals surface area contributed by atoms with Gasteiger partial charge >= 0.3 is 0 Å². The third-order valence-electron chi connectivity index (χ3n) is 3.99. The van der Waals surface area contributed by atoms with E-state index in [0.29, 0.717) is 34.9 Å². The predicted molar refractivity (Wildman–Crippen MR) is 111 cm³/mol. The van der Waals surface area contributed by atoms with E-state index in [-0.39, 0.29) is 0 Å². The van der Waals surface area contributed by atoms with Crippen LogP contribution in [0.15, 0.2) is 45.9 Å². The maximum absolute atomic E-state index is 8.29. The van der Waals surface area contributed by atoms with Crippen molar-refractivity contribution >= 4 is 22.5 Å². The molecule has 8 heteroatoms. The summed E-state index contributed by atoms with van der Waals surface area (Å²) in [7, 11) is 1.58. The molecule has 0 amide bonds. The molecule has 2 aromatic heterocycles. The summed E-state index contributed by atoms with van der Waals surface area (Å²) in [6, 6.07) is 11.5. The van der Waals surface area contributed by atoms with E-state index in [0.717, 1.165) is 22.4 Å². The zero-order valence-corrected chi connectivity index (χ0v) is 17.0. The van der Waals surface area contributed by atoms with E-state index in [1.54, 1.807) is 20.1 Å². The van der Waals surface area contributed by atoms with Gasteiger partial charge in [0.25, 0.3) is 0 Å². The van der Waals surface area contributed by atoms with E-state index >= 15 is 0 Å². The molecule has 0 unspecified atom stereocenters. The maximum Gasteiger partial charge on any atom is 0.223 e. The molecule has 0 saturated heterocycles. The van der Waals surface area contributed by atoms with Crippen molar-refractivity contribution in [2.45, 2.75) is 20.4 Å². The Balaban J connectivity index is 1.86. The lowest BCUT2D eigenvalue weighted by Crippen LogP contribution is -2.12. The Morgan fingerprint density at radius 1 is 1.18 bits per heavy atom. The average molecular weight is 395 g/mol. The molecule has 0 atom stereocenters. The number of hydrogen-bond donors (Lipinski definition) is 1. The second kappa shape index (κ2) is 8.79. The molecule has 0 fully saturated rings. The number of methoxy groups -OCH3 is 1. The van der Waals surface area contributed by atoms with Gasteiger partial charge in [0, 0.05) is 29.8 Å². The molecule has 28 heavy (non-hydrogen) atoms. The lowest BCUT2D eigenvalue weighted by atomic mass is 10.1. The number of pyridine rings is 1. The molecule has 3 aromatic rings. The molecule has 0 saturated carbocycles. The van der Waals surface area contributed by atoms with Gasteiger partial charge in [-0.2, -0.15) is 4.98 Å². The molecule has 144 valence electrons. The van der Waals surface area contributed by atoms with Crippen molar-refractivity contribution in [2.75, 3.05) is 13.4 Å². The number of ether oxygens (including phenoxy) is 1. The maximum atomic E-state index is 8.29. The molecule has 2 heterocycles. The minimum Gasteiger partial charge on any atom is -0.481 e. The third kappa shape index (κ3) is 4.64. The fourth-order valence-corrected chi connectivity index (χ4v) is 2.99. The lowest BCUT2D eigenvalue weighted by Gasteiger charge is -2.10. The van der Waals surface area contributed by atoms with Gasteiger partial charge in [-0.05, 0) is 24.8 Å². The van der Waals surface area contributed by atoms with Crippen LogP contribution in [0.4, 0.5) is 0 Å². The number of thioether (sulfide) groups is 1. The molecule has 0 spiro atoms. The van der Waals surface area contributed by atoms with Crippen molar-refractivity contribution in [2.24, 2.45) is 4.99 Å². The molecule has 1 N–H and O–H groups in total. The summed E-state index contributed by atoms with van der Waals surface area (Å²) in [6.07, 6.45) is 1.87. The first-order chi connectivity index (χ1) is 13.5. The lowest BCUT2D eigenvalue weighted by molar-refractivity contribution is 0.394. The number of hydrogen-bond acceptors (Lipinski definition) is 8. The van der Waals surface area contributed by atoms with Crippen molar-refractivity contribution in [1.82, 2.24) is 15.1 Å². The van der Waals surface area contributed by atoms with Gasteiger partial charge in [-0.25, -0.2) is 4.98 Å². The number of aliphatic imine (C=N–C) groups is 1. The number of rotatable bonds is 6. The summed E-state index contributed by atoms with van der Waals surface area (Å²) in [4.78, 5) is 13.2. The van der Waals surface area contributed by atoms with Crippen LogP contribution in [0.2, 0.25) is 0 Å². The van der Waals surface area contributed by atoms with Gasteiger partial charge in [0.2, 0.25) is 17.6 Å². The average Bonchev–Trinajstić information content (AvgIpc) is 3.14. The van der Waals surface area contributed by atoms with E-state index in [1.807, 2.05) is 43.5 Å². The van der Waals surface area contributed by atoms with Crippen LogP contribution in [0, 0.1) is 19.3 Å². The Morgan fingerprint density at radius 3 is 2.54 bits per heavy atom. The van der Waals surface area contributed by atoms with Crippen LogP contribution in [0.3, 0.4) is 0 Å². The highest BCUT2D eigenvalue weighted by Crippen LogP contribution is 2.19. The zero-order valence-electron chi connectivity index (χ0n) is 16.2. The van der Waals surface area contributed by atoms with E-state index in [2.05, 4.69) is 15.1 Å². The SMILES string of the molecule is COc1cc(C(=NCc2ccc(-c3noc(C)n3)cc2)C(=N)SC)cc(C)n1. The quantitative estimate of drug-likeness (QED) is 0.499. The first kappa shape index (κ1) is 19.8. The molecule has 0 bridgehead atoms. The Bertz CT molecular complexity index is 1010. The van der Waals surface area contributed by atoms with Crippen LogP contribution >= 0.6 is 11.8 Å². The summed E-state index contributed by atoms with van der Waals surface area (Å²) >= 11 is 1.35. The molecular formula is C20H21N5O2S. The molecule has 1 aromatic carbocycles. The van der Waals surface area contributed by atoms with Crippen molar-refractivity contribution in [3.8, 4) is 17.3 Å². The number of aromatic nitrogens is 3. The van der Waals surface area contributed by atoms with Crippen LogP contribution in [0.5, 0.6) is 5.88 Å². The topological polar surface area (TPSA) is 97.3 Å². The van der Waals surface area contributed by atoms with Crippen molar-refractivity contribution in [1.29, 1.82) is 5.41 Å². The minimum absolute atomic E-state index is 0.395. The Hall–Kier alpha value is -3.00. The first-order valence-electron chi connectivity index (χ1n) is 8.60. The molecule has 3 rings (SSSR count). The highest BCUT2D eigenvalue weighted by molar-refractivity contribution is 8.15. The van der Waals surface area contributed by atoms with Crippen LogP contribution in [-0.4, -0.2) is 39.2 Å². The Morgan fingerprint density at radius 2 is 1.93 bits per heavy atom. The van der Waals surface area contributed by atoms with Gasteiger partial charge in [0.1, 0.15) is 5.04 Å².